The second-order valence-corrected chi connectivity index (χ2v) is 5.96. The van der Waals surface area contributed by atoms with Gasteiger partial charge in [0.15, 0.2) is 0 Å². The van der Waals surface area contributed by atoms with Crippen LogP contribution in [-0.2, 0) is 6.54 Å². The van der Waals surface area contributed by atoms with Gasteiger partial charge in [-0.25, -0.2) is 0 Å². The summed E-state index contributed by atoms with van der Waals surface area (Å²) in [4.78, 5) is 0. The maximum Gasteiger partial charge on any atom is 0.0459 e. The third-order valence-electron chi connectivity index (χ3n) is 4.51. The molecular formula is C18H23NO. The zero-order valence-electron chi connectivity index (χ0n) is 11.9. The molecule has 2 heteroatoms. The summed E-state index contributed by atoms with van der Waals surface area (Å²) < 4.78 is 0. The van der Waals surface area contributed by atoms with Crippen molar-refractivity contribution in [2.75, 3.05) is 6.61 Å². The second kappa shape index (κ2) is 6.38. The first-order valence-electron chi connectivity index (χ1n) is 7.67. The van der Waals surface area contributed by atoms with Crippen LogP contribution in [-0.4, -0.2) is 17.8 Å². The van der Waals surface area contributed by atoms with Crippen molar-refractivity contribution >= 4 is 10.8 Å². The monoisotopic (exact) mass is 269 g/mol. The number of hydrogen-bond acceptors (Lipinski definition) is 2. The van der Waals surface area contributed by atoms with Crippen LogP contribution in [0.5, 0.6) is 0 Å². The SMILES string of the molecule is OCC1CCC(NCc2ccc3ccccc3c2)CC1. The highest BCUT2D eigenvalue weighted by Crippen LogP contribution is 2.24. The lowest BCUT2D eigenvalue weighted by Crippen LogP contribution is -2.33. The Kier molecular flexibility index (Phi) is 4.34. The number of aliphatic hydroxyl groups excluding tert-OH is 1. The van der Waals surface area contributed by atoms with Crippen molar-refractivity contribution in [2.24, 2.45) is 5.92 Å². The predicted molar refractivity (Wildman–Crippen MR) is 83.6 cm³/mol. The Labute approximate surface area is 120 Å². The van der Waals surface area contributed by atoms with Crippen LogP contribution in [0.15, 0.2) is 42.5 Å². The van der Waals surface area contributed by atoms with Crippen LogP contribution in [0.4, 0.5) is 0 Å². The fraction of sp³-hybridized carbons (Fsp3) is 0.444. The third-order valence-corrected chi connectivity index (χ3v) is 4.51. The van der Waals surface area contributed by atoms with Crippen molar-refractivity contribution in [1.29, 1.82) is 0 Å². The van der Waals surface area contributed by atoms with Crippen molar-refractivity contribution in [1.82, 2.24) is 5.32 Å². The normalized spacial score (nSPS) is 23.1. The number of hydrogen-bond donors (Lipinski definition) is 2. The molecule has 2 aromatic carbocycles. The van der Waals surface area contributed by atoms with Crippen LogP contribution in [0, 0.1) is 5.92 Å². The van der Waals surface area contributed by atoms with Gasteiger partial charge < -0.3 is 10.4 Å². The van der Waals surface area contributed by atoms with Crippen LogP contribution in [0.3, 0.4) is 0 Å². The minimum Gasteiger partial charge on any atom is -0.396 e. The molecule has 0 unspecified atom stereocenters. The number of rotatable bonds is 4. The molecule has 2 N–H and O–H groups in total. The zero-order chi connectivity index (χ0) is 13.8. The number of aliphatic hydroxyl groups is 1. The third kappa shape index (κ3) is 3.20. The van der Waals surface area contributed by atoms with Gasteiger partial charge in [0.05, 0.1) is 0 Å². The minimum atomic E-state index is 0.359. The molecule has 2 aromatic rings. The molecular weight excluding hydrogens is 246 g/mol. The average Bonchev–Trinajstić information content (AvgIpc) is 2.53. The lowest BCUT2D eigenvalue weighted by molar-refractivity contribution is 0.175. The highest BCUT2D eigenvalue weighted by atomic mass is 16.3. The lowest BCUT2D eigenvalue weighted by atomic mass is 9.86. The molecule has 1 aliphatic carbocycles. The summed E-state index contributed by atoms with van der Waals surface area (Å²) >= 11 is 0. The van der Waals surface area contributed by atoms with Gasteiger partial charge in [0.2, 0.25) is 0 Å². The first kappa shape index (κ1) is 13.6. The smallest absolute Gasteiger partial charge is 0.0459 e. The van der Waals surface area contributed by atoms with Crippen LogP contribution in [0.1, 0.15) is 31.2 Å². The van der Waals surface area contributed by atoms with Gasteiger partial charge in [-0.1, -0.05) is 36.4 Å². The van der Waals surface area contributed by atoms with Crippen molar-refractivity contribution in [2.45, 2.75) is 38.3 Å². The molecule has 0 aliphatic heterocycles. The number of fused-ring (bicyclic) bond motifs is 1. The fourth-order valence-electron chi connectivity index (χ4n) is 3.16. The summed E-state index contributed by atoms with van der Waals surface area (Å²) in [6.45, 7) is 1.30. The van der Waals surface area contributed by atoms with E-state index in [1.807, 2.05) is 0 Å². The molecule has 0 spiro atoms. The van der Waals surface area contributed by atoms with Gasteiger partial charge in [0, 0.05) is 19.2 Å². The molecule has 0 aromatic heterocycles. The van der Waals surface area contributed by atoms with Gasteiger partial charge in [-0.2, -0.15) is 0 Å². The van der Waals surface area contributed by atoms with Crippen LogP contribution in [0.2, 0.25) is 0 Å². The van der Waals surface area contributed by atoms with Crippen LogP contribution in [0.25, 0.3) is 10.8 Å². The second-order valence-electron chi connectivity index (χ2n) is 5.96. The van der Waals surface area contributed by atoms with Crippen molar-refractivity contribution in [3.05, 3.63) is 48.0 Å². The maximum atomic E-state index is 9.17. The van der Waals surface area contributed by atoms with Crippen LogP contribution >= 0.6 is 0 Å². The molecule has 20 heavy (non-hydrogen) atoms. The zero-order valence-corrected chi connectivity index (χ0v) is 11.9. The van der Waals surface area contributed by atoms with Gasteiger partial charge in [0.1, 0.15) is 0 Å². The van der Waals surface area contributed by atoms with E-state index in [1.54, 1.807) is 0 Å². The predicted octanol–water partition coefficient (Wildman–Crippen LogP) is 3.48. The highest BCUT2D eigenvalue weighted by Gasteiger charge is 2.19. The molecule has 0 radical (unpaired) electrons. The molecule has 0 atom stereocenters. The van der Waals surface area contributed by atoms with E-state index in [-0.39, 0.29) is 0 Å². The van der Waals surface area contributed by atoms with E-state index in [4.69, 9.17) is 5.11 Å². The summed E-state index contributed by atoms with van der Waals surface area (Å²) in [7, 11) is 0. The Morgan fingerprint density at radius 1 is 0.950 bits per heavy atom. The summed E-state index contributed by atoms with van der Waals surface area (Å²) in [6, 6.07) is 15.8. The average molecular weight is 269 g/mol. The Morgan fingerprint density at radius 2 is 1.70 bits per heavy atom. The minimum absolute atomic E-state index is 0.359. The standard InChI is InChI=1S/C18H23NO/c20-13-14-6-9-18(10-7-14)19-12-15-5-8-16-3-1-2-4-17(16)11-15/h1-5,8,11,14,18-20H,6-7,9-10,12-13H2. The number of nitrogens with one attached hydrogen (secondary N) is 1. The Morgan fingerprint density at radius 3 is 2.45 bits per heavy atom. The van der Waals surface area contributed by atoms with E-state index in [1.165, 1.54) is 29.2 Å². The Bertz CT molecular complexity index is 558. The highest BCUT2D eigenvalue weighted by molar-refractivity contribution is 5.82. The van der Waals surface area contributed by atoms with E-state index < -0.39 is 0 Å². The van der Waals surface area contributed by atoms with Gasteiger partial charge in [-0.15, -0.1) is 0 Å². The van der Waals surface area contributed by atoms with Gasteiger partial charge in [0.25, 0.3) is 0 Å². The lowest BCUT2D eigenvalue weighted by Gasteiger charge is -2.28. The largest absolute Gasteiger partial charge is 0.396 e. The van der Waals surface area contributed by atoms with E-state index in [2.05, 4.69) is 47.8 Å². The first-order valence-corrected chi connectivity index (χ1v) is 7.67. The molecule has 2 nitrogen and oxygen atoms in total. The Hall–Kier alpha value is -1.38. The van der Waals surface area contributed by atoms with Gasteiger partial charge in [-0.05, 0) is 54.0 Å². The first-order chi connectivity index (χ1) is 9.85. The van der Waals surface area contributed by atoms with Crippen molar-refractivity contribution in [3.8, 4) is 0 Å². The molecule has 0 saturated heterocycles. The molecule has 0 amide bonds. The fourth-order valence-corrected chi connectivity index (χ4v) is 3.16. The van der Waals surface area contributed by atoms with E-state index in [9.17, 15) is 0 Å². The molecule has 106 valence electrons. The quantitative estimate of drug-likeness (QED) is 0.890. The molecule has 1 aliphatic rings. The molecule has 0 bridgehead atoms. The van der Waals surface area contributed by atoms with Crippen molar-refractivity contribution < 1.29 is 5.11 Å². The molecule has 3 rings (SSSR count). The van der Waals surface area contributed by atoms with Crippen LogP contribution < -0.4 is 5.32 Å². The molecule has 0 heterocycles. The topological polar surface area (TPSA) is 32.3 Å². The molecule has 1 saturated carbocycles. The van der Waals surface area contributed by atoms with Gasteiger partial charge in [-0.3, -0.25) is 0 Å². The Balaban J connectivity index is 1.57. The summed E-state index contributed by atoms with van der Waals surface area (Å²) in [6.07, 6.45) is 4.70. The number of benzene rings is 2. The summed E-state index contributed by atoms with van der Waals surface area (Å²) in [5.74, 6) is 0.536. The van der Waals surface area contributed by atoms with E-state index in [0.29, 0.717) is 18.6 Å². The van der Waals surface area contributed by atoms with E-state index in [0.717, 1.165) is 19.4 Å². The summed E-state index contributed by atoms with van der Waals surface area (Å²) in [5.41, 5.74) is 1.35. The van der Waals surface area contributed by atoms with E-state index >= 15 is 0 Å². The van der Waals surface area contributed by atoms with Crippen molar-refractivity contribution in [3.63, 3.8) is 0 Å². The maximum absolute atomic E-state index is 9.17. The molecule has 1 fully saturated rings. The summed E-state index contributed by atoms with van der Waals surface area (Å²) in [5, 5.41) is 15.5. The van der Waals surface area contributed by atoms with Gasteiger partial charge >= 0.3 is 0 Å².